The van der Waals surface area contributed by atoms with Crippen LogP contribution >= 0.6 is 11.6 Å². The molecule has 0 radical (unpaired) electrons. The number of anilines is 2. The predicted molar refractivity (Wildman–Crippen MR) is 109 cm³/mol. The Labute approximate surface area is 160 Å². The molecule has 1 fully saturated rings. The van der Waals surface area contributed by atoms with E-state index in [2.05, 4.69) is 49.2 Å². The van der Waals surface area contributed by atoms with Crippen LogP contribution in [0.4, 0.5) is 11.4 Å². The number of aryl methyl sites for hydroxylation is 3. The van der Waals surface area contributed by atoms with Crippen molar-refractivity contribution in [3.8, 4) is 0 Å². The van der Waals surface area contributed by atoms with Gasteiger partial charge in [-0.1, -0.05) is 35.4 Å². The SMILES string of the molecule is Cc1cc(C)c(NCC(=O)N2CCN(c3cccc(Cl)c3)CC2)c(C)c1. The fourth-order valence-corrected chi connectivity index (χ4v) is 3.81. The van der Waals surface area contributed by atoms with Crippen molar-refractivity contribution in [3.63, 3.8) is 0 Å². The molecule has 0 bridgehead atoms. The van der Waals surface area contributed by atoms with E-state index < -0.39 is 0 Å². The van der Waals surface area contributed by atoms with Crippen LogP contribution < -0.4 is 10.2 Å². The van der Waals surface area contributed by atoms with Gasteiger partial charge in [0.15, 0.2) is 0 Å². The molecule has 1 amide bonds. The number of carbonyl (C=O) groups is 1. The van der Waals surface area contributed by atoms with Crippen molar-refractivity contribution < 1.29 is 4.79 Å². The van der Waals surface area contributed by atoms with Gasteiger partial charge in [-0.2, -0.15) is 0 Å². The van der Waals surface area contributed by atoms with Crippen LogP contribution in [0.5, 0.6) is 0 Å². The number of piperazine rings is 1. The third kappa shape index (κ3) is 4.31. The van der Waals surface area contributed by atoms with Gasteiger partial charge in [-0.25, -0.2) is 0 Å². The second kappa shape index (κ2) is 8.00. The molecule has 0 atom stereocenters. The minimum absolute atomic E-state index is 0.148. The molecule has 0 saturated carbocycles. The molecule has 1 heterocycles. The fourth-order valence-electron chi connectivity index (χ4n) is 3.62. The monoisotopic (exact) mass is 371 g/mol. The molecule has 0 unspecified atom stereocenters. The Morgan fingerprint density at radius 1 is 1.04 bits per heavy atom. The van der Waals surface area contributed by atoms with Crippen molar-refractivity contribution in [2.75, 3.05) is 42.9 Å². The van der Waals surface area contributed by atoms with E-state index in [0.29, 0.717) is 6.54 Å². The van der Waals surface area contributed by atoms with Crippen LogP contribution in [0.25, 0.3) is 0 Å². The van der Waals surface area contributed by atoms with E-state index in [1.807, 2.05) is 23.1 Å². The maximum absolute atomic E-state index is 12.6. The molecule has 0 aliphatic carbocycles. The molecule has 1 aliphatic heterocycles. The van der Waals surface area contributed by atoms with E-state index in [1.165, 1.54) is 16.7 Å². The molecule has 26 heavy (non-hydrogen) atoms. The number of nitrogens with one attached hydrogen (secondary N) is 1. The second-order valence-electron chi connectivity index (χ2n) is 6.97. The van der Waals surface area contributed by atoms with Crippen molar-refractivity contribution >= 4 is 28.9 Å². The average Bonchev–Trinajstić information content (AvgIpc) is 2.61. The Balaban J connectivity index is 1.54. The molecule has 138 valence electrons. The average molecular weight is 372 g/mol. The van der Waals surface area contributed by atoms with Gasteiger partial charge < -0.3 is 15.1 Å². The van der Waals surface area contributed by atoms with Gasteiger partial charge in [-0.15, -0.1) is 0 Å². The van der Waals surface area contributed by atoms with Gasteiger partial charge in [0.05, 0.1) is 6.54 Å². The summed E-state index contributed by atoms with van der Waals surface area (Å²) in [5, 5.41) is 4.08. The smallest absolute Gasteiger partial charge is 0.241 e. The lowest BCUT2D eigenvalue weighted by Crippen LogP contribution is -2.50. The molecule has 1 N–H and O–H groups in total. The summed E-state index contributed by atoms with van der Waals surface area (Å²) in [7, 11) is 0. The van der Waals surface area contributed by atoms with E-state index >= 15 is 0 Å². The lowest BCUT2D eigenvalue weighted by molar-refractivity contribution is -0.129. The highest BCUT2D eigenvalue weighted by Crippen LogP contribution is 2.22. The molecule has 1 aliphatic rings. The minimum Gasteiger partial charge on any atom is -0.376 e. The van der Waals surface area contributed by atoms with E-state index in [4.69, 9.17) is 11.6 Å². The molecule has 0 spiro atoms. The summed E-state index contributed by atoms with van der Waals surface area (Å²) in [4.78, 5) is 16.8. The maximum Gasteiger partial charge on any atom is 0.241 e. The van der Waals surface area contributed by atoms with Crippen molar-refractivity contribution in [1.82, 2.24) is 4.90 Å². The summed E-state index contributed by atoms with van der Waals surface area (Å²) in [6, 6.07) is 12.2. The van der Waals surface area contributed by atoms with Gasteiger partial charge in [0, 0.05) is 42.6 Å². The van der Waals surface area contributed by atoms with Gasteiger partial charge >= 0.3 is 0 Å². The van der Waals surface area contributed by atoms with Gasteiger partial charge in [0.1, 0.15) is 0 Å². The number of carbonyl (C=O) groups excluding carboxylic acids is 1. The van der Waals surface area contributed by atoms with E-state index in [9.17, 15) is 4.79 Å². The summed E-state index contributed by atoms with van der Waals surface area (Å²) in [6.07, 6.45) is 0. The molecule has 2 aromatic carbocycles. The Kier molecular flexibility index (Phi) is 5.72. The molecule has 1 saturated heterocycles. The van der Waals surface area contributed by atoms with Crippen molar-refractivity contribution in [3.05, 3.63) is 58.1 Å². The van der Waals surface area contributed by atoms with Gasteiger partial charge in [0.2, 0.25) is 5.91 Å². The van der Waals surface area contributed by atoms with Gasteiger partial charge in [0.25, 0.3) is 0 Å². The molecule has 2 aromatic rings. The molecule has 0 aromatic heterocycles. The van der Waals surface area contributed by atoms with Crippen LogP contribution in [0.2, 0.25) is 5.02 Å². The molecular formula is C21H26ClN3O. The number of amides is 1. The Hall–Kier alpha value is -2.20. The predicted octanol–water partition coefficient (Wildman–Crippen LogP) is 4.03. The van der Waals surface area contributed by atoms with E-state index in [-0.39, 0.29) is 5.91 Å². The summed E-state index contributed by atoms with van der Waals surface area (Å²) >= 11 is 6.08. The Morgan fingerprint density at radius 3 is 2.31 bits per heavy atom. The molecule has 4 nitrogen and oxygen atoms in total. The highest BCUT2D eigenvalue weighted by Gasteiger charge is 2.21. The Bertz CT molecular complexity index is 775. The summed E-state index contributed by atoms with van der Waals surface area (Å²) in [5.41, 5.74) is 5.80. The standard InChI is InChI=1S/C21H26ClN3O/c1-15-11-16(2)21(17(3)12-15)23-14-20(26)25-9-7-24(8-10-25)19-6-4-5-18(22)13-19/h4-6,11-13,23H,7-10,14H2,1-3H3. The summed E-state index contributed by atoms with van der Waals surface area (Å²) in [6.45, 7) is 9.71. The highest BCUT2D eigenvalue weighted by molar-refractivity contribution is 6.30. The van der Waals surface area contributed by atoms with Crippen molar-refractivity contribution in [2.24, 2.45) is 0 Å². The van der Waals surface area contributed by atoms with Crippen molar-refractivity contribution in [2.45, 2.75) is 20.8 Å². The minimum atomic E-state index is 0.148. The normalized spacial score (nSPS) is 14.5. The first kappa shape index (κ1) is 18.6. The van der Waals surface area contributed by atoms with Crippen LogP contribution in [0.15, 0.2) is 36.4 Å². The van der Waals surface area contributed by atoms with Crippen LogP contribution in [0.1, 0.15) is 16.7 Å². The van der Waals surface area contributed by atoms with Crippen LogP contribution in [-0.4, -0.2) is 43.5 Å². The zero-order chi connectivity index (χ0) is 18.7. The molecular weight excluding hydrogens is 346 g/mol. The zero-order valence-electron chi connectivity index (χ0n) is 15.7. The number of hydrogen-bond acceptors (Lipinski definition) is 3. The number of hydrogen-bond donors (Lipinski definition) is 1. The molecule has 5 heteroatoms. The quantitative estimate of drug-likeness (QED) is 0.881. The lowest BCUT2D eigenvalue weighted by Gasteiger charge is -2.36. The van der Waals surface area contributed by atoms with E-state index in [0.717, 1.165) is 42.6 Å². The maximum atomic E-state index is 12.6. The first-order valence-corrected chi connectivity index (χ1v) is 9.42. The van der Waals surface area contributed by atoms with Crippen LogP contribution in [0, 0.1) is 20.8 Å². The lowest BCUT2D eigenvalue weighted by atomic mass is 10.1. The topological polar surface area (TPSA) is 35.6 Å². The number of halogens is 1. The summed E-state index contributed by atoms with van der Waals surface area (Å²) in [5.74, 6) is 0.148. The number of nitrogens with zero attached hydrogens (tertiary/aromatic N) is 2. The second-order valence-corrected chi connectivity index (χ2v) is 7.41. The van der Waals surface area contributed by atoms with Crippen LogP contribution in [0.3, 0.4) is 0 Å². The first-order chi connectivity index (χ1) is 12.4. The van der Waals surface area contributed by atoms with Crippen molar-refractivity contribution in [1.29, 1.82) is 0 Å². The zero-order valence-corrected chi connectivity index (χ0v) is 16.4. The van der Waals surface area contributed by atoms with E-state index in [1.54, 1.807) is 0 Å². The number of benzene rings is 2. The van der Waals surface area contributed by atoms with Gasteiger partial charge in [-0.3, -0.25) is 4.79 Å². The third-order valence-corrected chi connectivity index (χ3v) is 5.13. The summed E-state index contributed by atoms with van der Waals surface area (Å²) < 4.78 is 0. The largest absolute Gasteiger partial charge is 0.376 e. The fraction of sp³-hybridized carbons (Fsp3) is 0.381. The molecule has 3 rings (SSSR count). The number of rotatable bonds is 4. The van der Waals surface area contributed by atoms with Crippen LogP contribution in [-0.2, 0) is 4.79 Å². The van der Waals surface area contributed by atoms with Gasteiger partial charge in [-0.05, 0) is 50.1 Å². The first-order valence-electron chi connectivity index (χ1n) is 9.04. The highest BCUT2D eigenvalue weighted by atomic mass is 35.5. The third-order valence-electron chi connectivity index (χ3n) is 4.90. The Morgan fingerprint density at radius 2 is 1.69 bits per heavy atom.